The van der Waals surface area contributed by atoms with Gasteiger partial charge in [-0.25, -0.2) is 8.42 Å². The summed E-state index contributed by atoms with van der Waals surface area (Å²) in [6.07, 6.45) is 8.39. The molecule has 36 heavy (non-hydrogen) atoms. The van der Waals surface area contributed by atoms with Gasteiger partial charge in [0.1, 0.15) is 6.04 Å². The third-order valence-corrected chi connectivity index (χ3v) is 6.19. The molecule has 1 aliphatic heterocycles. The summed E-state index contributed by atoms with van der Waals surface area (Å²) in [5.74, 6) is 0.313. The van der Waals surface area contributed by atoms with Crippen LogP contribution < -0.4 is 9.69 Å². The van der Waals surface area contributed by atoms with E-state index in [1.54, 1.807) is 0 Å². The lowest BCUT2D eigenvalue weighted by atomic mass is 9.97. The van der Waals surface area contributed by atoms with Gasteiger partial charge in [-0.3, -0.25) is 4.79 Å². The van der Waals surface area contributed by atoms with E-state index in [2.05, 4.69) is 60.2 Å². The second-order valence-corrected chi connectivity index (χ2v) is 10.5. The van der Waals surface area contributed by atoms with Gasteiger partial charge < -0.3 is 9.29 Å². The van der Waals surface area contributed by atoms with Gasteiger partial charge in [-0.05, 0) is 49.7 Å². The Morgan fingerprint density at radius 3 is 2.22 bits per heavy atom. The van der Waals surface area contributed by atoms with Crippen molar-refractivity contribution in [2.24, 2.45) is 5.92 Å². The summed E-state index contributed by atoms with van der Waals surface area (Å²) in [4.78, 5) is 12.3. The first-order chi connectivity index (χ1) is 16.8. The Morgan fingerprint density at radius 1 is 1.11 bits per heavy atom. The molecule has 3 rings (SSSR count). The number of halogens is 3. The second kappa shape index (κ2) is 13.0. The first-order valence-electron chi connectivity index (χ1n) is 11.8. The maximum Gasteiger partial charge on any atom is 0.485 e. The largest absolute Gasteiger partial charge is 0.741 e. The van der Waals surface area contributed by atoms with E-state index in [4.69, 9.17) is 17.7 Å². The molecule has 0 spiro atoms. The van der Waals surface area contributed by atoms with Crippen molar-refractivity contribution in [2.45, 2.75) is 63.9 Å². The highest BCUT2D eigenvalue weighted by atomic mass is 32.2. The van der Waals surface area contributed by atoms with Crippen LogP contribution in [-0.4, -0.2) is 43.6 Å². The molecule has 1 aromatic carbocycles. The van der Waals surface area contributed by atoms with Gasteiger partial charge in [0.15, 0.2) is 22.5 Å². The van der Waals surface area contributed by atoms with E-state index in [1.165, 1.54) is 5.56 Å². The lowest BCUT2D eigenvalue weighted by molar-refractivity contribution is -0.677. The predicted molar refractivity (Wildman–Crippen MR) is 127 cm³/mol. The highest BCUT2D eigenvalue weighted by Gasteiger charge is 2.40. The molecule has 0 radical (unpaired) electrons. The van der Waals surface area contributed by atoms with Crippen molar-refractivity contribution < 1.29 is 40.3 Å². The molecule has 0 amide bonds. The van der Waals surface area contributed by atoms with Crippen LogP contribution in [0.25, 0.3) is 0 Å². The zero-order valence-corrected chi connectivity index (χ0v) is 21.5. The number of benzene rings is 1. The fourth-order valence-electron chi connectivity index (χ4n) is 3.58. The van der Waals surface area contributed by atoms with Gasteiger partial charge in [0.2, 0.25) is 0 Å². The minimum atomic E-state index is -6.09. The normalized spacial score (nSPS) is 16.2. The maximum absolute atomic E-state index is 12.3. The number of hydrogen-bond acceptors (Lipinski definition) is 6. The van der Waals surface area contributed by atoms with Crippen LogP contribution in [0.1, 0.15) is 57.1 Å². The molecule has 0 bridgehead atoms. The number of alkyl halides is 3. The number of unbranched alkanes of at least 4 members (excludes halogenated alkanes) is 1. The summed E-state index contributed by atoms with van der Waals surface area (Å²) in [5.41, 5.74) is -3.29. The number of ether oxygens (including phenoxy) is 1. The number of rotatable bonds is 10. The van der Waals surface area contributed by atoms with Gasteiger partial charge >= 0.3 is 11.5 Å². The molecule has 0 aliphatic carbocycles. The van der Waals surface area contributed by atoms with E-state index >= 15 is 0 Å². The molecular weight excluding hydrogens is 497 g/mol. The van der Waals surface area contributed by atoms with E-state index in [0.29, 0.717) is 18.6 Å². The number of carbonyl (C=O) groups is 1. The van der Waals surface area contributed by atoms with Crippen molar-refractivity contribution in [3.05, 3.63) is 66.0 Å². The van der Waals surface area contributed by atoms with Gasteiger partial charge in [0.05, 0.1) is 19.1 Å². The zero-order valence-electron chi connectivity index (χ0n) is 20.6. The molecule has 1 fully saturated rings. The summed E-state index contributed by atoms with van der Waals surface area (Å²) in [6.45, 7) is 7.99. The van der Waals surface area contributed by atoms with Crippen LogP contribution in [0.15, 0.2) is 54.9 Å². The minimum absolute atomic E-state index is 0.121. The zero-order chi connectivity index (χ0) is 26.9. The fourth-order valence-corrected chi connectivity index (χ4v) is 3.58. The summed E-state index contributed by atoms with van der Waals surface area (Å²) in [6, 6.07) is 15.1. The average Bonchev–Trinajstić information content (AvgIpc) is 3.58. The molecule has 11 heteroatoms. The van der Waals surface area contributed by atoms with Crippen LogP contribution in [0.2, 0.25) is 0 Å². The molecule has 1 aromatic heterocycles. The predicted octanol–water partition coefficient (Wildman–Crippen LogP) is 4.06. The summed E-state index contributed by atoms with van der Waals surface area (Å²) < 4.78 is 66.6. The number of aromatic nitrogens is 1. The Balaban J connectivity index is 0.000000493. The Hall–Kier alpha value is -2.66. The van der Waals surface area contributed by atoms with Crippen LogP contribution in [0.5, 0.6) is 0 Å². The van der Waals surface area contributed by atoms with Crippen molar-refractivity contribution in [1.29, 1.82) is 0 Å². The topological polar surface area (TPSA) is 90.4 Å². The standard InChI is InChI=1S/C24H33N2O2.CHF3O3S/c1-19(2)17-21-10-12-22(13-11-21)20(3)24(27)28-16-8-5-9-23-18-26(23)25-14-6-4-7-15-25;2-1(3,4)8(5,6)7/h4,6-7,10-15,19-20,23H,5,8-9,16-18H2,1-3H3;(H,5,6,7)/q+1;/p-1. The first-order valence-corrected chi connectivity index (χ1v) is 13.2. The lowest BCUT2D eigenvalue weighted by Crippen LogP contribution is -2.45. The molecule has 2 aromatic rings. The Labute approximate surface area is 210 Å². The average molecular weight is 531 g/mol. The molecule has 2 atom stereocenters. The van der Waals surface area contributed by atoms with Crippen molar-refractivity contribution in [3.8, 4) is 0 Å². The van der Waals surface area contributed by atoms with Crippen LogP contribution in [0.3, 0.4) is 0 Å². The third-order valence-electron chi connectivity index (χ3n) is 5.62. The molecule has 7 nitrogen and oxygen atoms in total. The van der Waals surface area contributed by atoms with Gasteiger partial charge in [-0.15, -0.1) is 0 Å². The molecular formula is C25H33F3N2O5S. The first kappa shape index (κ1) is 29.6. The Bertz CT molecular complexity index is 1060. The van der Waals surface area contributed by atoms with Crippen LogP contribution in [0.4, 0.5) is 13.2 Å². The number of pyridine rings is 1. The summed E-state index contributed by atoms with van der Waals surface area (Å²) in [7, 11) is -6.09. The quantitative estimate of drug-likeness (QED) is 0.115. The highest BCUT2D eigenvalue weighted by Crippen LogP contribution is 2.21. The Kier molecular flexibility index (Phi) is 10.7. The monoisotopic (exact) mass is 530 g/mol. The van der Waals surface area contributed by atoms with Crippen molar-refractivity contribution in [1.82, 2.24) is 0 Å². The maximum atomic E-state index is 12.3. The summed E-state index contributed by atoms with van der Waals surface area (Å²) in [5, 5.41) is 2.34. The van der Waals surface area contributed by atoms with Gasteiger partial charge in [-0.2, -0.15) is 18.2 Å². The number of carbonyl (C=O) groups excluding carboxylic acids is 1. The van der Waals surface area contributed by atoms with E-state index in [9.17, 15) is 18.0 Å². The van der Waals surface area contributed by atoms with Crippen molar-refractivity contribution >= 4 is 16.1 Å². The van der Waals surface area contributed by atoms with Crippen molar-refractivity contribution in [3.63, 3.8) is 0 Å². The third kappa shape index (κ3) is 9.77. The van der Waals surface area contributed by atoms with E-state index in [-0.39, 0.29) is 11.9 Å². The highest BCUT2D eigenvalue weighted by molar-refractivity contribution is 7.86. The molecule has 200 valence electrons. The number of hydrogen-bond donors (Lipinski definition) is 0. The van der Waals surface area contributed by atoms with Gasteiger partial charge in [-0.1, -0.05) is 48.9 Å². The Morgan fingerprint density at radius 2 is 1.69 bits per heavy atom. The smallest absolute Gasteiger partial charge is 0.485 e. The minimum Gasteiger partial charge on any atom is -0.741 e. The lowest BCUT2D eigenvalue weighted by Gasteiger charge is -2.13. The molecule has 2 unspecified atom stereocenters. The van der Waals surface area contributed by atoms with Crippen LogP contribution >= 0.6 is 0 Å². The number of esters is 1. The SMILES string of the molecule is CC(C)Cc1ccc(C(C)C(=O)OCCCCC2CN2[n+]2ccccc2)cc1.O=S(=O)([O-])C(F)(F)F. The van der Waals surface area contributed by atoms with Gasteiger partial charge in [0.25, 0.3) is 0 Å². The van der Waals surface area contributed by atoms with E-state index < -0.39 is 15.6 Å². The number of nitrogens with zero attached hydrogens (tertiary/aromatic N) is 2. The molecule has 1 aliphatic rings. The second-order valence-electron chi connectivity index (χ2n) is 9.16. The van der Waals surface area contributed by atoms with E-state index in [1.807, 2.05) is 25.1 Å². The van der Waals surface area contributed by atoms with Crippen LogP contribution in [-0.2, 0) is 26.1 Å². The fraction of sp³-hybridized carbons (Fsp3) is 0.520. The molecule has 1 saturated heterocycles. The van der Waals surface area contributed by atoms with Crippen LogP contribution in [0, 0.1) is 5.92 Å². The summed E-state index contributed by atoms with van der Waals surface area (Å²) >= 11 is 0. The van der Waals surface area contributed by atoms with E-state index in [0.717, 1.165) is 37.8 Å². The molecule has 0 N–H and O–H groups in total. The van der Waals surface area contributed by atoms with Crippen molar-refractivity contribution in [2.75, 3.05) is 18.2 Å². The van der Waals surface area contributed by atoms with Gasteiger partial charge in [0, 0.05) is 12.1 Å². The molecule has 2 heterocycles. The molecule has 0 saturated carbocycles.